The Morgan fingerprint density at radius 3 is 2.23 bits per heavy atom. The molecule has 164 valence electrons. The third-order valence-electron chi connectivity index (χ3n) is 4.31. The van der Waals surface area contributed by atoms with Gasteiger partial charge in [-0.1, -0.05) is 6.07 Å². The Balaban J connectivity index is 2.34. The average Bonchev–Trinajstić information content (AvgIpc) is 2.71. The molecule has 0 fully saturated rings. The van der Waals surface area contributed by atoms with Crippen molar-refractivity contribution in [2.45, 2.75) is 11.8 Å². The first kappa shape index (κ1) is 23.7. The number of benzene rings is 2. The average molecular weight is 438 g/mol. The van der Waals surface area contributed by atoms with Crippen LogP contribution in [0.2, 0.25) is 0 Å². The van der Waals surface area contributed by atoms with Gasteiger partial charge in [0.15, 0.2) is 0 Å². The van der Waals surface area contributed by atoms with Crippen LogP contribution >= 0.6 is 0 Å². The van der Waals surface area contributed by atoms with Crippen molar-refractivity contribution in [2.24, 2.45) is 16.8 Å². The number of hydrazone groups is 1. The molecule has 31 heavy (non-hydrogen) atoms. The quantitative estimate of drug-likeness (QED) is 0.158. The summed E-state index contributed by atoms with van der Waals surface area (Å²) in [6.45, 7) is -0.706. The van der Waals surface area contributed by atoms with E-state index in [1.54, 1.807) is 0 Å². The second-order valence-corrected chi connectivity index (χ2v) is 6.47. The summed E-state index contributed by atoms with van der Waals surface area (Å²) in [7, 11) is 0. The maximum Gasteiger partial charge on any atom is 0.297 e. The summed E-state index contributed by atoms with van der Waals surface area (Å²) in [4.78, 5) is 0. The summed E-state index contributed by atoms with van der Waals surface area (Å²) in [5.74, 6) is 1.77. The molecule has 0 aliphatic rings. The fourth-order valence-corrected chi connectivity index (χ4v) is 2.73. The molecule has 0 aromatic heterocycles. The van der Waals surface area contributed by atoms with Gasteiger partial charge < -0.3 is 11.3 Å². The molecule has 0 bridgehead atoms. The van der Waals surface area contributed by atoms with Gasteiger partial charge in [0, 0.05) is 12.6 Å². The summed E-state index contributed by atoms with van der Waals surface area (Å²) in [6.07, 6.45) is 2.44. The van der Waals surface area contributed by atoms with E-state index in [-0.39, 0.29) is 11.3 Å². The molecular formula is C20H19F5N6. The Morgan fingerprint density at radius 1 is 1.03 bits per heavy atom. The molecule has 6 nitrogen and oxygen atoms in total. The van der Waals surface area contributed by atoms with Crippen molar-refractivity contribution in [3.8, 4) is 0 Å². The highest BCUT2D eigenvalue weighted by Gasteiger charge is 2.45. The summed E-state index contributed by atoms with van der Waals surface area (Å²) >= 11 is 0. The lowest BCUT2D eigenvalue weighted by Gasteiger charge is -2.29. The Kier molecular flexibility index (Phi) is 7.59. The fourth-order valence-electron chi connectivity index (χ4n) is 2.73. The first-order valence-electron chi connectivity index (χ1n) is 8.75. The zero-order valence-corrected chi connectivity index (χ0v) is 16.0. The molecule has 0 radical (unpaired) electrons. The van der Waals surface area contributed by atoms with Crippen LogP contribution in [0.25, 0.3) is 0 Å². The van der Waals surface area contributed by atoms with Gasteiger partial charge >= 0.3 is 0 Å². The van der Waals surface area contributed by atoms with E-state index in [2.05, 4.69) is 5.10 Å². The highest BCUT2D eigenvalue weighted by atomic mass is 19.3. The van der Waals surface area contributed by atoms with Crippen molar-refractivity contribution < 1.29 is 22.0 Å². The molecule has 0 aliphatic carbocycles. The molecule has 2 aromatic carbocycles. The van der Waals surface area contributed by atoms with Crippen LogP contribution in [0.3, 0.4) is 0 Å². The lowest BCUT2D eigenvalue weighted by Crippen LogP contribution is -2.44. The Labute approximate surface area is 174 Å². The minimum atomic E-state index is -3.97. The maximum atomic E-state index is 15.1. The highest BCUT2D eigenvalue weighted by molar-refractivity contribution is 6.11. The predicted molar refractivity (Wildman–Crippen MR) is 108 cm³/mol. The normalized spacial score (nSPS) is 13.0. The molecule has 0 saturated carbocycles. The second-order valence-electron chi connectivity index (χ2n) is 6.47. The van der Waals surface area contributed by atoms with E-state index < -0.39 is 47.1 Å². The van der Waals surface area contributed by atoms with Crippen molar-refractivity contribution in [1.82, 2.24) is 5.01 Å². The number of rotatable bonds is 9. The Hall–Kier alpha value is -3.60. The number of nitrogens with two attached hydrogens (primary N) is 2. The Bertz CT molecular complexity index is 1000. The largest absolute Gasteiger partial charge is 0.322 e. The SMILES string of the molecule is N=C(/C=C\C(=N)C(F)(F)C(CN(N)/C=N\N)c1ccc(F)cc1F)c1ccc(F)cc1. The van der Waals surface area contributed by atoms with E-state index >= 15 is 8.78 Å². The van der Waals surface area contributed by atoms with Gasteiger partial charge in [-0.15, -0.1) is 0 Å². The zero-order chi connectivity index (χ0) is 23.2. The van der Waals surface area contributed by atoms with Gasteiger partial charge in [0.05, 0.1) is 11.6 Å². The molecule has 0 spiro atoms. The smallest absolute Gasteiger partial charge is 0.297 e. The minimum Gasteiger partial charge on any atom is -0.322 e. The summed E-state index contributed by atoms with van der Waals surface area (Å²) in [6, 6.07) is 6.84. The van der Waals surface area contributed by atoms with Gasteiger partial charge in [-0.2, -0.15) is 13.9 Å². The minimum absolute atomic E-state index is 0.238. The topological polar surface area (TPSA) is 115 Å². The summed E-state index contributed by atoms with van der Waals surface area (Å²) in [5.41, 5.74) is -1.83. The molecule has 0 aliphatic heterocycles. The van der Waals surface area contributed by atoms with Crippen molar-refractivity contribution >= 4 is 17.8 Å². The molecule has 0 saturated heterocycles. The highest BCUT2D eigenvalue weighted by Crippen LogP contribution is 2.36. The molecule has 0 amide bonds. The van der Waals surface area contributed by atoms with Crippen LogP contribution in [0, 0.1) is 28.3 Å². The number of nitrogens with one attached hydrogen (secondary N) is 2. The van der Waals surface area contributed by atoms with E-state index in [1.165, 1.54) is 12.1 Å². The lowest BCUT2D eigenvalue weighted by atomic mass is 9.88. The van der Waals surface area contributed by atoms with Crippen LogP contribution in [0.5, 0.6) is 0 Å². The van der Waals surface area contributed by atoms with Gasteiger partial charge in [-0.05, 0) is 53.6 Å². The second kappa shape index (κ2) is 9.94. The third-order valence-corrected chi connectivity index (χ3v) is 4.31. The van der Waals surface area contributed by atoms with Crippen molar-refractivity contribution in [1.29, 1.82) is 10.8 Å². The number of allylic oxidation sites excluding steroid dienone is 2. The van der Waals surface area contributed by atoms with Crippen molar-refractivity contribution in [3.63, 3.8) is 0 Å². The molecular weight excluding hydrogens is 419 g/mol. The van der Waals surface area contributed by atoms with Crippen LogP contribution in [-0.4, -0.2) is 35.2 Å². The number of hydrogen-bond donors (Lipinski definition) is 4. The molecule has 6 N–H and O–H groups in total. The number of halogens is 5. The van der Waals surface area contributed by atoms with Crippen LogP contribution in [-0.2, 0) is 0 Å². The van der Waals surface area contributed by atoms with Gasteiger partial charge in [0.25, 0.3) is 5.92 Å². The van der Waals surface area contributed by atoms with Crippen molar-refractivity contribution in [2.75, 3.05) is 6.54 Å². The van der Waals surface area contributed by atoms with Crippen LogP contribution in [0.15, 0.2) is 59.7 Å². The summed E-state index contributed by atoms with van der Waals surface area (Å²) in [5, 5.41) is 19.5. The van der Waals surface area contributed by atoms with Crippen LogP contribution in [0.1, 0.15) is 17.0 Å². The molecule has 2 rings (SSSR count). The molecule has 11 heteroatoms. The van der Waals surface area contributed by atoms with Gasteiger partial charge in [0.1, 0.15) is 29.5 Å². The standard InChI is InChI=1S/C20H19F5N6/c21-13-3-1-12(2-4-13)18(26)7-8-19(27)20(24,25)16(10-31(29)11-30-28)15-6-5-14(22)9-17(15)23/h1-9,11,16,26-27H,10,28-29H2/b8-7-,26-18?,27-19?,30-11-. The lowest BCUT2D eigenvalue weighted by molar-refractivity contribution is 0.0370. The van der Waals surface area contributed by atoms with Crippen LogP contribution in [0.4, 0.5) is 22.0 Å². The Morgan fingerprint density at radius 2 is 1.65 bits per heavy atom. The first-order chi connectivity index (χ1) is 14.6. The summed E-state index contributed by atoms with van der Waals surface area (Å²) < 4.78 is 70.8. The van der Waals surface area contributed by atoms with E-state index in [1.807, 2.05) is 0 Å². The molecule has 0 heterocycles. The molecule has 2 aromatic rings. The number of nitrogens with zero attached hydrogens (tertiary/aromatic N) is 2. The van der Waals surface area contributed by atoms with Gasteiger partial charge in [-0.3, -0.25) is 10.4 Å². The van der Waals surface area contributed by atoms with E-state index in [4.69, 9.17) is 22.5 Å². The van der Waals surface area contributed by atoms with Crippen molar-refractivity contribution in [3.05, 3.63) is 83.2 Å². The van der Waals surface area contributed by atoms with E-state index in [0.29, 0.717) is 17.2 Å². The molecule has 1 atom stereocenters. The van der Waals surface area contributed by atoms with E-state index in [9.17, 15) is 13.2 Å². The predicted octanol–water partition coefficient (Wildman–Crippen LogP) is 3.54. The van der Waals surface area contributed by atoms with Gasteiger partial charge in [-0.25, -0.2) is 19.0 Å². The number of hydrazine groups is 1. The fraction of sp³-hybridized carbons (Fsp3) is 0.150. The third kappa shape index (κ3) is 5.95. The number of alkyl halides is 2. The van der Waals surface area contributed by atoms with Gasteiger partial charge in [0.2, 0.25) is 0 Å². The zero-order valence-electron chi connectivity index (χ0n) is 16.0. The number of hydrogen-bond acceptors (Lipinski definition) is 5. The maximum absolute atomic E-state index is 15.1. The van der Waals surface area contributed by atoms with Crippen LogP contribution < -0.4 is 11.7 Å². The molecule has 1 unspecified atom stereocenters. The van der Waals surface area contributed by atoms with E-state index in [0.717, 1.165) is 36.7 Å². The first-order valence-corrected chi connectivity index (χ1v) is 8.75. The monoisotopic (exact) mass is 438 g/mol.